The van der Waals surface area contributed by atoms with Gasteiger partial charge in [0.2, 0.25) is 0 Å². The maximum absolute atomic E-state index is 11.2. The Morgan fingerprint density at radius 1 is 1.26 bits per heavy atom. The van der Waals surface area contributed by atoms with Crippen LogP contribution in [0.15, 0.2) is 30.3 Å². The molecule has 3 nitrogen and oxygen atoms in total. The van der Waals surface area contributed by atoms with Crippen LogP contribution in [0.1, 0.15) is 25.3 Å². The van der Waals surface area contributed by atoms with Crippen LogP contribution >= 0.6 is 0 Å². The Labute approximate surface area is 114 Å². The van der Waals surface area contributed by atoms with Crippen LogP contribution in [0.3, 0.4) is 0 Å². The van der Waals surface area contributed by atoms with Crippen LogP contribution in [-0.4, -0.2) is 36.2 Å². The van der Waals surface area contributed by atoms with Crippen LogP contribution in [-0.2, 0) is 16.1 Å². The van der Waals surface area contributed by atoms with E-state index in [0.29, 0.717) is 5.92 Å². The molecule has 1 atom stereocenters. The molecule has 0 radical (unpaired) electrons. The summed E-state index contributed by atoms with van der Waals surface area (Å²) in [5, 5.41) is 0. The van der Waals surface area contributed by atoms with Gasteiger partial charge in [-0.2, -0.15) is 0 Å². The first kappa shape index (κ1) is 12.7. The Hall–Kier alpha value is -1.35. The minimum atomic E-state index is -0.128. The molecule has 0 N–H and O–H groups in total. The zero-order valence-corrected chi connectivity index (χ0v) is 11.5. The van der Waals surface area contributed by atoms with E-state index in [4.69, 9.17) is 4.74 Å². The van der Waals surface area contributed by atoms with E-state index in [9.17, 15) is 4.79 Å². The molecule has 4 rings (SSSR count). The second-order valence-electron chi connectivity index (χ2n) is 6.10. The van der Waals surface area contributed by atoms with Gasteiger partial charge in [-0.05, 0) is 0 Å². The molecule has 1 aromatic carbocycles. The van der Waals surface area contributed by atoms with Crippen molar-refractivity contribution in [2.24, 2.45) is 5.92 Å². The molecule has 3 heterocycles. The van der Waals surface area contributed by atoms with Gasteiger partial charge in [0.15, 0.2) is 6.10 Å². The molecule has 19 heavy (non-hydrogen) atoms. The molecule has 0 aliphatic carbocycles. The second kappa shape index (κ2) is 4.97. The molecule has 3 heteroatoms. The number of quaternary nitrogens is 1. The Bertz CT molecular complexity index is 449. The molecule has 0 spiro atoms. The quantitative estimate of drug-likeness (QED) is 0.616. The molecule has 2 bridgehead atoms. The molecule has 3 saturated heterocycles. The normalized spacial score (nSPS) is 33.1. The lowest BCUT2D eigenvalue weighted by Gasteiger charge is -2.52. The molecule has 3 aliphatic rings. The van der Waals surface area contributed by atoms with Crippen molar-refractivity contribution in [2.45, 2.75) is 32.4 Å². The number of carbonyl (C=O) groups excluding carboxylic acids is 1. The van der Waals surface area contributed by atoms with E-state index < -0.39 is 0 Å². The van der Waals surface area contributed by atoms with Crippen LogP contribution in [0.4, 0.5) is 0 Å². The van der Waals surface area contributed by atoms with Crippen molar-refractivity contribution >= 4 is 5.97 Å². The summed E-state index contributed by atoms with van der Waals surface area (Å²) in [7, 11) is 0. The predicted octanol–water partition coefficient (Wildman–Crippen LogP) is 2.36. The minimum absolute atomic E-state index is 0.128. The van der Waals surface area contributed by atoms with Crippen molar-refractivity contribution < 1.29 is 14.0 Å². The molecule has 0 aromatic heterocycles. The molecule has 3 fully saturated rings. The number of nitrogens with zero attached hydrogens (tertiary/aromatic N) is 1. The molecular formula is C16H22NO2+. The van der Waals surface area contributed by atoms with Gasteiger partial charge >= 0.3 is 5.97 Å². The van der Waals surface area contributed by atoms with Crippen molar-refractivity contribution in [1.82, 2.24) is 0 Å². The third-order valence-corrected chi connectivity index (χ3v) is 4.72. The summed E-state index contributed by atoms with van der Waals surface area (Å²) in [5.41, 5.74) is 1.39. The van der Waals surface area contributed by atoms with E-state index in [1.54, 1.807) is 0 Å². The van der Waals surface area contributed by atoms with Gasteiger partial charge in [-0.1, -0.05) is 30.3 Å². The highest BCUT2D eigenvalue weighted by atomic mass is 16.5. The van der Waals surface area contributed by atoms with E-state index in [1.807, 2.05) is 0 Å². The lowest BCUT2D eigenvalue weighted by Crippen LogP contribution is -2.63. The Morgan fingerprint density at radius 3 is 2.58 bits per heavy atom. The first-order valence-corrected chi connectivity index (χ1v) is 7.23. The molecule has 1 aromatic rings. The second-order valence-corrected chi connectivity index (χ2v) is 6.10. The minimum Gasteiger partial charge on any atom is -0.456 e. The largest absolute Gasteiger partial charge is 0.456 e. The number of fused-ring (bicyclic) bond motifs is 3. The highest BCUT2D eigenvalue weighted by Gasteiger charge is 2.47. The zero-order valence-electron chi connectivity index (χ0n) is 11.5. The smallest absolute Gasteiger partial charge is 0.303 e. The van der Waals surface area contributed by atoms with Crippen LogP contribution in [0.2, 0.25) is 0 Å². The summed E-state index contributed by atoms with van der Waals surface area (Å²) < 4.78 is 6.63. The van der Waals surface area contributed by atoms with Crippen LogP contribution in [0.25, 0.3) is 0 Å². The molecule has 0 unspecified atom stereocenters. The summed E-state index contributed by atoms with van der Waals surface area (Å²) >= 11 is 0. The van der Waals surface area contributed by atoms with E-state index >= 15 is 0 Å². The SMILES string of the molecule is CC(=O)O[C@H]1C[N+]2(Cc3ccccc3)CCC1CC2. The molecule has 102 valence electrons. The highest BCUT2D eigenvalue weighted by molar-refractivity contribution is 5.66. The van der Waals surface area contributed by atoms with Crippen molar-refractivity contribution in [3.63, 3.8) is 0 Å². The number of benzene rings is 1. The fourth-order valence-electron chi connectivity index (χ4n) is 3.76. The van der Waals surface area contributed by atoms with Gasteiger partial charge in [0.25, 0.3) is 0 Å². The van der Waals surface area contributed by atoms with Crippen molar-refractivity contribution in [3.05, 3.63) is 35.9 Å². The Morgan fingerprint density at radius 2 is 1.95 bits per heavy atom. The third-order valence-electron chi connectivity index (χ3n) is 4.72. The predicted molar refractivity (Wildman–Crippen MR) is 73.3 cm³/mol. The number of hydrogen-bond acceptors (Lipinski definition) is 2. The summed E-state index contributed by atoms with van der Waals surface area (Å²) in [6, 6.07) is 10.7. The van der Waals surface area contributed by atoms with Gasteiger partial charge in [0.05, 0.1) is 13.1 Å². The summed E-state index contributed by atoms with van der Waals surface area (Å²) in [5.74, 6) is 0.469. The van der Waals surface area contributed by atoms with E-state index in [2.05, 4.69) is 30.3 Å². The standard InChI is InChI=1S/C16H22NO2/c1-13(18)19-16-12-17(9-7-15(16)8-10-17)11-14-5-3-2-4-6-14/h2-6,15-16H,7-12H2,1H3/q+1/t15?,16-,17?/m0/s1. The number of carbonyl (C=O) groups is 1. The average molecular weight is 260 g/mol. The van der Waals surface area contributed by atoms with Gasteiger partial charge in [0, 0.05) is 31.2 Å². The first-order valence-electron chi connectivity index (χ1n) is 7.23. The zero-order chi connectivity index (χ0) is 13.3. The topological polar surface area (TPSA) is 26.3 Å². The van der Waals surface area contributed by atoms with Crippen LogP contribution < -0.4 is 0 Å². The average Bonchev–Trinajstić information content (AvgIpc) is 2.40. The first-order chi connectivity index (χ1) is 9.17. The van der Waals surface area contributed by atoms with Crippen LogP contribution in [0.5, 0.6) is 0 Å². The van der Waals surface area contributed by atoms with E-state index in [-0.39, 0.29) is 12.1 Å². The van der Waals surface area contributed by atoms with Gasteiger partial charge < -0.3 is 9.22 Å². The van der Waals surface area contributed by atoms with Crippen molar-refractivity contribution in [1.29, 1.82) is 0 Å². The van der Waals surface area contributed by atoms with Crippen molar-refractivity contribution in [3.8, 4) is 0 Å². The fraction of sp³-hybridized carbons (Fsp3) is 0.562. The number of esters is 1. The van der Waals surface area contributed by atoms with Crippen molar-refractivity contribution in [2.75, 3.05) is 19.6 Å². The molecule has 0 saturated carbocycles. The van der Waals surface area contributed by atoms with Crippen LogP contribution in [0, 0.1) is 5.92 Å². The number of piperidine rings is 3. The third kappa shape index (κ3) is 2.66. The highest BCUT2D eigenvalue weighted by Crippen LogP contribution is 2.36. The maximum Gasteiger partial charge on any atom is 0.303 e. The summed E-state index contributed by atoms with van der Waals surface area (Å²) in [6.45, 7) is 6.07. The Balaban J connectivity index is 1.74. The molecule has 0 amide bonds. The summed E-state index contributed by atoms with van der Waals surface area (Å²) in [4.78, 5) is 11.2. The monoisotopic (exact) mass is 260 g/mol. The number of hydrogen-bond donors (Lipinski definition) is 0. The van der Waals surface area contributed by atoms with Gasteiger partial charge in [-0.3, -0.25) is 4.79 Å². The fourth-order valence-corrected chi connectivity index (χ4v) is 3.76. The Kier molecular flexibility index (Phi) is 3.31. The van der Waals surface area contributed by atoms with E-state index in [0.717, 1.165) is 17.6 Å². The lowest BCUT2D eigenvalue weighted by molar-refractivity contribution is -0.958. The maximum atomic E-state index is 11.2. The van der Waals surface area contributed by atoms with E-state index in [1.165, 1.54) is 38.4 Å². The number of ether oxygens (including phenoxy) is 1. The van der Waals surface area contributed by atoms with Gasteiger partial charge in [-0.15, -0.1) is 0 Å². The summed E-state index contributed by atoms with van der Waals surface area (Å²) in [6.07, 6.45) is 2.54. The van der Waals surface area contributed by atoms with Gasteiger partial charge in [-0.25, -0.2) is 0 Å². The van der Waals surface area contributed by atoms with Gasteiger partial charge in [0.1, 0.15) is 13.1 Å². The lowest BCUT2D eigenvalue weighted by atomic mass is 9.83. The number of rotatable bonds is 3. The molecular weight excluding hydrogens is 238 g/mol. The molecule has 3 aliphatic heterocycles.